The number of phosphoric acid groups is 1. The molecular formula is C9H19O7P. The van der Waals surface area contributed by atoms with Crippen LogP contribution in [-0.2, 0) is 32.3 Å². The first-order valence-corrected chi connectivity index (χ1v) is 6.91. The summed E-state index contributed by atoms with van der Waals surface area (Å²) in [6.45, 7) is 3.19. The van der Waals surface area contributed by atoms with Crippen LogP contribution < -0.4 is 0 Å². The zero-order valence-electron chi connectivity index (χ0n) is 9.96. The SMILES string of the molecule is COCCOCCOCCOP1(=O)OCCO1. The number of rotatable bonds is 10. The summed E-state index contributed by atoms with van der Waals surface area (Å²) in [5.74, 6) is 0. The van der Waals surface area contributed by atoms with Gasteiger partial charge in [0.25, 0.3) is 0 Å². The van der Waals surface area contributed by atoms with Gasteiger partial charge in [-0.1, -0.05) is 0 Å². The number of hydrogen-bond donors (Lipinski definition) is 0. The van der Waals surface area contributed by atoms with Crippen LogP contribution in [0.2, 0.25) is 0 Å². The molecule has 0 aromatic heterocycles. The van der Waals surface area contributed by atoms with Gasteiger partial charge in [-0.25, -0.2) is 4.57 Å². The third-order valence-electron chi connectivity index (χ3n) is 1.86. The normalized spacial score (nSPS) is 18.6. The van der Waals surface area contributed by atoms with E-state index in [1.165, 1.54) is 0 Å². The zero-order valence-corrected chi connectivity index (χ0v) is 10.9. The van der Waals surface area contributed by atoms with Gasteiger partial charge < -0.3 is 14.2 Å². The van der Waals surface area contributed by atoms with Crippen LogP contribution in [0.25, 0.3) is 0 Å². The van der Waals surface area contributed by atoms with Crippen molar-refractivity contribution >= 4 is 7.82 Å². The van der Waals surface area contributed by atoms with Crippen LogP contribution in [-0.4, -0.2) is 60.0 Å². The molecule has 0 spiro atoms. The minimum Gasteiger partial charge on any atom is -0.382 e. The summed E-state index contributed by atoms with van der Waals surface area (Å²) in [5.41, 5.74) is 0. The topological polar surface area (TPSA) is 72.5 Å². The maximum Gasteiger partial charge on any atom is 0.475 e. The smallest absolute Gasteiger partial charge is 0.382 e. The van der Waals surface area contributed by atoms with Crippen LogP contribution in [0.3, 0.4) is 0 Å². The highest BCUT2D eigenvalue weighted by Gasteiger charge is 2.31. The summed E-state index contributed by atoms with van der Waals surface area (Å²) in [4.78, 5) is 0. The van der Waals surface area contributed by atoms with E-state index in [0.717, 1.165) is 0 Å². The minimum absolute atomic E-state index is 0.176. The van der Waals surface area contributed by atoms with Gasteiger partial charge in [0, 0.05) is 7.11 Å². The molecule has 1 aliphatic rings. The second kappa shape index (κ2) is 8.99. The van der Waals surface area contributed by atoms with Crippen LogP contribution in [0.4, 0.5) is 0 Å². The van der Waals surface area contributed by atoms with Crippen molar-refractivity contribution in [2.24, 2.45) is 0 Å². The predicted octanol–water partition coefficient (Wildman–Crippen LogP) is 0.837. The number of phosphoric ester groups is 1. The summed E-state index contributed by atoms with van der Waals surface area (Å²) >= 11 is 0. The van der Waals surface area contributed by atoms with Gasteiger partial charge in [0.1, 0.15) is 0 Å². The Morgan fingerprint density at radius 2 is 1.47 bits per heavy atom. The molecule has 1 saturated heterocycles. The molecule has 0 aliphatic carbocycles. The molecule has 0 amide bonds. The number of hydrogen-bond acceptors (Lipinski definition) is 7. The van der Waals surface area contributed by atoms with Crippen LogP contribution in [0.1, 0.15) is 0 Å². The van der Waals surface area contributed by atoms with Gasteiger partial charge in [0.2, 0.25) is 0 Å². The fraction of sp³-hybridized carbons (Fsp3) is 1.00. The molecular weight excluding hydrogens is 251 g/mol. The molecule has 0 aromatic carbocycles. The predicted molar refractivity (Wildman–Crippen MR) is 59.0 cm³/mol. The lowest BCUT2D eigenvalue weighted by Gasteiger charge is -2.09. The number of methoxy groups -OCH3 is 1. The standard InChI is InChI=1S/C9H19O7P/c1-11-2-3-12-4-5-13-6-7-14-17(10)15-8-9-16-17/h2-9H2,1H3. The second-order valence-electron chi connectivity index (χ2n) is 3.16. The molecule has 8 heteroatoms. The van der Waals surface area contributed by atoms with Gasteiger partial charge in [-0.2, -0.15) is 0 Å². The van der Waals surface area contributed by atoms with Crippen molar-refractivity contribution in [3.63, 3.8) is 0 Å². The summed E-state index contributed by atoms with van der Waals surface area (Å²) in [5, 5.41) is 0. The molecule has 1 fully saturated rings. The van der Waals surface area contributed by atoms with Gasteiger partial charge in [0.15, 0.2) is 0 Å². The molecule has 17 heavy (non-hydrogen) atoms. The Kier molecular flexibility index (Phi) is 7.96. The average molecular weight is 270 g/mol. The highest BCUT2D eigenvalue weighted by molar-refractivity contribution is 7.48. The lowest BCUT2D eigenvalue weighted by molar-refractivity contribution is 0.0155. The molecule has 7 nitrogen and oxygen atoms in total. The van der Waals surface area contributed by atoms with Gasteiger partial charge in [-0.15, -0.1) is 0 Å². The van der Waals surface area contributed by atoms with E-state index in [1.54, 1.807) is 7.11 Å². The van der Waals surface area contributed by atoms with Crippen molar-refractivity contribution < 1.29 is 32.3 Å². The molecule has 102 valence electrons. The summed E-state index contributed by atoms with van der Waals surface area (Å²) in [6.07, 6.45) is 0. The maximum atomic E-state index is 11.5. The maximum absolute atomic E-state index is 11.5. The van der Waals surface area contributed by atoms with Crippen LogP contribution in [0.5, 0.6) is 0 Å². The second-order valence-corrected chi connectivity index (χ2v) is 4.83. The van der Waals surface area contributed by atoms with Gasteiger partial charge in [0.05, 0.1) is 52.9 Å². The molecule has 0 unspecified atom stereocenters. The Morgan fingerprint density at radius 1 is 0.941 bits per heavy atom. The van der Waals surface area contributed by atoms with Crippen molar-refractivity contribution in [3.05, 3.63) is 0 Å². The molecule has 1 aliphatic heterocycles. The molecule has 0 saturated carbocycles. The summed E-state index contributed by atoms with van der Waals surface area (Å²) in [7, 11) is -1.65. The van der Waals surface area contributed by atoms with Crippen molar-refractivity contribution in [2.45, 2.75) is 0 Å². The fourth-order valence-corrected chi connectivity index (χ4v) is 2.20. The lowest BCUT2D eigenvalue weighted by atomic mass is 10.7. The van der Waals surface area contributed by atoms with Gasteiger partial charge in [-0.3, -0.25) is 13.6 Å². The van der Waals surface area contributed by atoms with E-state index in [-0.39, 0.29) is 6.61 Å². The molecule has 0 radical (unpaired) electrons. The monoisotopic (exact) mass is 270 g/mol. The Balaban J connectivity index is 1.83. The highest BCUT2D eigenvalue weighted by Crippen LogP contribution is 2.52. The highest BCUT2D eigenvalue weighted by atomic mass is 31.2. The first kappa shape index (κ1) is 15.0. The third-order valence-corrected chi connectivity index (χ3v) is 3.36. The summed E-state index contributed by atoms with van der Waals surface area (Å²) in [6, 6.07) is 0. The molecule has 1 rings (SSSR count). The van der Waals surface area contributed by atoms with Gasteiger partial charge in [-0.05, 0) is 0 Å². The van der Waals surface area contributed by atoms with E-state index in [4.69, 9.17) is 27.8 Å². The lowest BCUT2D eigenvalue weighted by Crippen LogP contribution is -2.11. The Labute approximate surface area is 101 Å². The molecule has 0 aromatic rings. The molecule has 1 heterocycles. The van der Waals surface area contributed by atoms with E-state index in [2.05, 4.69) is 0 Å². The minimum atomic E-state index is -3.27. The van der Waals surface area contributed by atoms with Gasteiger partial charge >= 0.3 is 7.82 Å². The third kappa shape index (κ3) is 7.10. The largest absolute Gasteiger partial charge is 0.475 e. The van der Waals surface area contributed by atoms with E-state index >= 15 is 0 Å². The average Bonchev–Trinajstić information content (AvgIpc) is 2.74. The summed E-state index contributed by atoms with van der Waals surface area (Å²) < 4.78 is 41.3. The van der Waals surface area contributed by atoms with Crippen LogP contribution >= 0.6 is 7.82 Å². The van der Waals surface area contributed by atoms with Crippen molar-refractivity contribution in [2.75, 3.05) is 60.0 Å². The van der Waals surface area contributed by atoms with E-state index in [1.807, 2.05) is 0 Å². The van der Waals surface area contributed by atoms with Crippen molar-refractivity contribution in [1.29, 1.82) is 0 Å². The Hall–Kier alpha value is -0.0100. The molecule has 0 atom stereocenters. The van der Waals surface area contributed by atoms with E-state index < -0.39 is 7.82 Å². The molecule has 0 N–H and O–H groups in total. The zero-order chi connectivity index (χ0) is 12.4. The van der Waals surface area contributed by atoms with E-state index in [9.17, 15) is 4.57 Å². The first-order valence-electron chi connectivity index (χ1n) is 5.45. The van der Waals surface area contributed by atoms with Crippen LogP contribution in [0, 0.1) is 0 Å². The van der Waals surface area contributed by atoms with Crippen LogP contribution in [0.15, 0.2) is 0 Å². The number of ether oxygens (including phenoxy) is 3. The van der Waals surface area contributed by atoms with Crippen molar-refractivity contribution in [3.8, 4) is 0 Å². The van der Waals surface area contributed by atoms with E-state index in [0.29, 0.717) is 46.2 Å². The van der Waals surface area contributed by atoms with Crippen molar-refractivity contribution in [1.82, 2.24) is 0 Å². The molecule has 0 bridgehead atoms. The Morgan fingerprint density at radius 3 is 2.06 bits per heavy atom. The Bertz CT molecular complexity index is 225. The fourth-order valence-electron chi connectivity index (χ4n) is 1.08. The first-order chi connectivity index (χ1) is 8.27. The quantitative estimate of drug-likeness (QED) is 0.430.